The lowest BCUT2D eigenvalue weighted by atomic mass is 10.1. The first-order valence-corrected chi connectivity index (χ1v) is 5.99. The predicted octanol–water partition coefficient (Wildman–Crippen LogP) is -1.89. The van der Waals surface area contributed by atoms with Crippen LogP contribution in [0.5, 0.6) is 0 Å². The summed E-state index contributed by atoms with van der Waals surface area (Å²) in [5.74, 6) is -3.77. The van der Waals surface area contributed by atoms with E-state index in [1.165, 1.54) is 13.0 Å². The minimum Gasteiger partial charge on any atom is -0.394 e. The number of carbonyl (C=O) groups is 1. The number of carbonyl (C=O) groups excluding carboxylic acids is 1. The van der Waals surface area contributed by atoms with Gasteiger partial charge in [-0.05, 0) is 6.07 Å². The van der Waals surface area contributed by atoms with Crippen molar-refractivity contribution in [2.24, 2.45) is 0 Å². The Morgan fingerprint density at radius 3 is 2.81 bits per heavy atom. The van der Waals surface area contributed by atoms with E-state index in [-0.39, 0.29) is 5.82 Å². The fraction of sp³-hybridized carbons (Fsp3) is 0.545. The molecule has 0 aromatic carbocycles. The van der Waals surface area contributed by atoms with E-state index in [1.807, 2.05) is 0 Å². The lowest BCUT2D eigenvalue weighted by Gasteiger charge is -2.23. The molecule has 0 bridgehead atoms. The van der Waals surface area contributed by atoms with Gasteiger partial charge in [-0.2, -0.15) is 4.98 Å². The van der Waals surface area contributed by atoms with Gasteiger partial charge < -0.3 is 25.4 Å². The lowest BCUT2D eigenvalue weighted by molar-refractivity contribution is -0.197. The van der Waals surface area contributed by atoms with Crippen LogP contribution >= 0.6 is 0 Å². The number of ether oxygens (including phenoxy) is 1. The molecule has 1 amide bonds. The number of aliphatic hydroxyl groups excluding tert-OH is 2. The Labute approximate surface area is 117 Å². The van der Waals surface area contributed by atoms with E-state index < -0.39 is 42.5 Å². The zero-order valence-electron chi connectivity index (χ0n) is 10.9. The van der Waals surface area contributed by atoms with Gasteiger partial charge in [-0.3, -0.25) is 9.36 Å². The van der Waals surface area contributed by atoms with Crippen molar-refractivity contribution in [3.05, 3.63) is 22.7 Å². The van der Waals surface area contributed by atoms with Crippen LogP contribution in [0, 0.1) is 0 Å². The molecule has 1 fully saturated rings. The van der Waals surface area contributed by atoms with Crippen LogP contribution in [-0.4, -0.2) is 55.4 Å². The van der Waals surface area contributed by atoms with E-state index in [1.54, 1.807) is 0 Å². The molecule has 1 aliphatic rings. The number of nitrogens with zero attached hydrogens (tertiary/aromatic N) is 2. The maximum atomic E-state index is 14.1. The van der Waals surface area contributed by atoms with Gasteiger partial charge in [0.2, 0.25) is 5.91 Å². The van der Waals surface area contributed by atoms with Gasteiger partial charge in [0, 0.05) is 13.1 Å². The summed E-state index contributed by atoms with van der Waals surface area (Å²) in [4.78, 5) is 26.1. The molecule has 1 aromatic rings. The van der Waals surface area contributed by atoms with Crippen LogP contribution in [0.2, 0.25) is 0 Å². The third kappa shape index (κ3) is 2.78. The van der Waals surface area contributed by atoms with Gasteiger partial charge in [0.15, 0.2) is 6.23 Å². The summed E-state index contributed by atoms with van der Waals surface area (Å²) >= 11 is 0. The SMILES string of the molecule is CC(=O)Nc1ccn([C@@H]2O[C@H](CO)[C@@H](O)[C@]2(O)F)c(=O)n1. The first-order chi connectivity index (χ1) is 9.77. The van der Waals surface area contributed by atoms with Crippen LogP contribution in [-0.2, 0) is 9.53 Å². The Balaban J connectivity index is 2.34. The molecule has 4 atom stereocenters. The Morgan fingerprint density at radius 1 is 1.67 bits per heavy atom. The molecule has 4 N–H and O–H groups in total. The smallest absolute Gasteiger partial charge is 0.351 e. The zero-order chi connectivity index (χ0) is 15.8. The molecule has 1 aliphatic heterocycles. The van der Waals surface area contributed by atoms with Crippen LogP contribution < -0.4 is 11.0 Å². The number of rotatable bonds is 3. The van der Waals surface area contributed by atoms with Crippen molar-refractivity contribution in [3.63, 3.8) is 0 Å². The fourth-order valence-corrected chi connectivity index (χ4v) is 1.99. The molecule has 1 saturated heterocycles. The number of anilines is 1. The molecule has 2 rings (SSSR count). The molecule has 0 unspecified atom stereocenters. The summed E-state index contributed by atoms with van der Waals surface area (Å²) in [6.45, 7) is 0.478. The molecule has 0 saturated carbocycles. The van der Waals surface area contributed by atoms with Crippen LogP contribution in [0.25, 0.3) is 0 Å². The van der Waals surface area contributed by atoms with Crippen molar-refractivity contribution in [1.29, 1.82) is 0 Å². The van der Waals surface area contributed by atoms with Gasteiger partial charge in [-0.15, -0.1) is 0 Å². The molecule has 116 valence electrons. The third-order valence-corrected chi connectivity index (χ3v) is 2.98. The average molecular weight is 303 g/mol. The van der Waals surface area contributed by atoms with Crippen molar-refractivity contribution in [3.8, 4) is 0 Å². The van der Waals surface area contributed by atoms with Gasteiger partial charge >= 0.3 is 5.69 Å². The monoisotopic (exact) mass is 303 g/mol. The predicted molar refractivity (Wildman–Crippen MR) is 65.9 cm³/mol. The maximum Gasteiger partial charge on any atom is 0.351 e. The number of aromatic nitrogens is 2. The summed E-state index contributed by atoms with van der Waals surface area (Å²) in [5.41, 5.74) is -1.01. The molecule has 2 heterocycles. The zero-order valence-corrected chi connectivity index (χ0v) is 10.9. The van der Waals surface area contributed by atoms with Crippen molar-refractivity contribution in [2.75, 3.05) is 11.9 Å². The van der Waals surface area contributed by atoms with Gasteiger partial charge in [-0.1, -0.05) is 0 Å². The number of alkyl halides is 1. The van der Waals surface area contributed by atoms with E-state index in [0.717, 1.165) is 6.20 Å². The van der Waals surface area contributed by atoms with E-state index in [9.17, 15) is 24.2 Å². The molecule has 9 nitrogen and oxygen atoms in total. The topological polar surface area (TPSA) is 134 Å². The van der Waals surface area contributed by atoms with Crippen LogP contribution in [0.3, 0.4) is 0 Å². The standard InChI is InChI=1S/C11H14FN3O6/c1-5(17)13-7-2-3-15(10(19)14-7)9-11(12,20)8(18)6(4-16)21-9/h2-3,6,8-9,16,18,20H,4H2,1H3,(H,13,14,17,19)/t6-,8-,9-,11-/m1/s1. The minimum atomic E-state index is -3.27. The Kier molecular flexibility index (Phi) is 4.05. The van der Waals surface area contributed by atoms with Gasteiger partial charge in [0.1, 0.15) is 18.0 Å². The average Bonchev–Trinajstić information content (AvgIpc) is 2.61. The van der Waals surface area contributed by atoms with E-state index in [4.69, 9.17) is 9.84 Å². The highest BCUT2D eigenvalue weighted by Gasteiger charge is 2.57. The Bertz CT molecular complexity index is 604. The second-order valence-electron chi connectivity index (χ2n) is 4.57. The fourth-order valence-electron chi connectivity index (χ4n) is 1.99. The summed E-state index contributed by atoms with van der Waals surface area (Å²) in [5, 5.41) is 30.3. The molecular weight excluding hydrogens is 289 g/mol. The Hall–Kier alpha value is -1.88. The first kappa shape index (κ1) is 15.5. The van der Waals surface area contributed by atoms with E-state index in [2.05, 4.69) is 10.3 Å². The van der Waals surface area contributed by atoms with Crippen molar-refractivity contribution in [1.82, 2.24) is 9.55 Å². The number of hydrogen-bond donors (Lipinski definition) is 4. The highest BCUT2D eigenvalue weighted by molar-refractivity contribution is 5.87. The first-order valence-electron chi connectivity index (χ1n) is 5.99. The molecular formula is C11H14FN3O6. The molecule has 21 heavy (non-hydrogen) atoms. The maximum absolute atomic E-state index is 14.1. The number of hydrogen-bond acceptors (Lipinski definition) is 7. The summed E-state index contributed by atoms with van der Waals surface area (Å²) in [6.07, 6.45) is -4.22. The molecule has 0 radical (unpaired) electrons. The van der Waals surface area contributed by atoms with Crippen LogP contribution in [0.15, 0.2) is 17.1 Å². The number of nitrogens with one attached hydrogen (secondary N) is 1. The second kappa shape index (κ2) is 5.48. The van der Waals surface area contributed by atoms with Gasteiger partial charge in [-0.25, -0.2) is 9.18 Å². The summed E-state index contributed by atoms with van der Waals surface area (Å²) in [6, 6.07) is 1.20. The Morgan fingerprint density at radius 2 is 2.33 bits per heavy atom. The van der Waals surface area contributed by atoms with Crippen LogP contribution in [0.4, 0.5) is 10.2 Å². The normalized spacial score (nSPS) is 32.1. The highest BCUT2D eigenvalue weighted by Crippen LogP contribution is 2.38. The number of halogens is 1. The molecule has 1 aromatic heterocycles. The second-order valence-corrected chi connectivity index (χ2v) is 4.57. The largest absolute Gasteiger partial charge is 0.394 e. The summed E-state index contributed by atoms with van der Waals surface area (Å²) < 4.78 is 19.6. The third-order valence-electron chi connectivity index (χ3n) is 2.98. The van der Waals surface area contributed by atoms with Gasteiger partial charge in [0.25, 0.3) is 5.85 Å². The minimum absolute atomic E-state index is 0.0524. The van der Waals surface area contributed by atoms with Crippen molar-refractivity contribution in [2.45, 2.75) is 31.2 Å². The molecule has 0 spiro atoms. The van der Waals surface area contributed by atoms with Crippen molar-refractivity contribution < 1.29 is 29.2 Å². The molecule has 10 heteroatoms. The van der Waals surface area contributed by atoms with E-state index in [0.29, 0.717) is 4.57 Å². The molecule has 0 aliphatic carbocycles. The van der Waals surface area contributed by atoms with Crippen molar-refractivity contribution >= 4 is 11.7 Å². The number of aliphatic hydroxyl groups is 3. The van der Waals surface area contributed by atoms with Crippen LogP contribution in [0.1, 0.15) is 13.2 Å². The van der Waals surface area contributed by atoms with E-state index >= 15 is 0 Å². The number of amides is 1. The summed E-state index contributed by atoms with van der Waals surface area (Å²) in [7, 11) is 0. The lowest BCUT2D eigenvalue weighted by Crippen LogP contribution is -2.45. The highest BCUT2D eigenvalue weighted by atomic mass is 19.2. The quantitative estimate of drug-likeness (QED) is 0.513. The van der Waals surface area contributed by atoms with Gasteiger partial charge in [0.05, 0.1) is 6.61 Å².